The van der Waals surface area contributed by atoms with Crippen molar-refractivity contribution in [3.8, 4) is 11.8 Å². The fraction of sp³-hybridized carbons (Fsp3) is 0.321. The smallest absolute Gasteiger partial charge is 0.332 e. The zero-order valence-corrected chi connectivity index (χ0v) is 21.4. The number of piperidine rings is 1. The maximum atomic E-state index is 14.0. The first-order chi connectivity index (χ1) is 18.5. The lowest BCUT2D eigenvalue weighted by Crippen LogP contribution is -2.44. The zero-order valence-electron chi connectivity index (χ0n) is 21.4. The highest BCUT2D eigenvalue weighted by atomic mass is 16.2. The Hall–Kier alpha value is -4.49. The number of aryl methyl sites for hydroxylation is 1. The third kappa shape index (κ3) is 3.83. The SMILES string of the molecule is CC#CCn1c(N2CCCC(N)C2)nc2c1c(=O)n(Cc1cc3nccnc3c3ccccc13)c(=O)n2C. The molecule has 5 aromatic rings. The van der Waals surface area contributed by atoms with Gasteiger partial charge in [0.15, 0.2) is 11.2 Å². The molecule has 0 spiro atoms. The van der Waals surface area contributed by atoms with E-state index in [9.17, 15) is 9.59 Å². The van der Waals surface area contributed by atoms with E-state index in [-0.39, 0.29) is 19.1 Å². The fourth-order valence-corrected chi connectivity index (χ4v) is 5.42. The first kappa shape index (κ1) is 23.9. The average Bonchev–Trinajstić information content (AvgIpc) is 3.33. The lowest BCUT2D eigenvalue weighted by molar-refractivity contribution is 0.496. The van der Waals surface area contributed by atoms with Gasteiger partial charge in [0.1, 0.15) is 0 Å². The summed E-state index contributed by atoms with van der Waals surface area (Å²) in [5.74, 6) is 6.61. The third-order valence-electron chi connectivity index (χ3n) is 7.26. The minimum Gasteiger partial charge on any atom is -0.341 e. The largest absolute Gasteiger partial charge is 0.341 e. The molecular formula is C28H28N8O2. The normalized spacial score (nSPS) is 15.8. The van der Waals surface area contributed by atoms with Crippen LogP contribution in [0, 0.1) is 11.8 Å². The van der Waals surface area contributed by atoms with E-state index in [1.807, 2.05) is 34.9 Å². The van der Waals surface area contributed by atoms with Crippen molar-refractivity contribution < 1.29 is 0 Å². The van der Waals surface area contributed by atoms with Crippen LogP contribution >= 0.6 is 0 Å². The zero-order chi connectivity index (χ0) is 26.4. The lowest BCUT2D eigenvalue weighted by Gasteiger charge is -2.31. The molecule has 1 aliphatic heterocycles. The molecular weight excluding hydrogens is 480 g/mol. The second-order valence-electron chi connectivity index (χ2n) is 9.68. The quantitative estimate of drug-likeness (QED) is 0.291. The van der Waals surface area contributed by atoms with Gasteiger partial charge in [0.25, 0.3) is 5.56 Å². The van der Waals surface area contributed by atoms with Crippen LogP contribution in [-0.2, 0) is 20.1 Å². The van der Waals surface area contributed by atoms with Crippen molar-refractivity contribution in [3.05, 3.63) is 69.1 Å². The van der Waals surface area contributed by atoms with Crippen LogP contribution in [0.5, 0.6) is 0 Å². The van der Waals surface area contributed by atoms with Crippen molar-refractivity contribution in [1.82, 2.24) is 28.7 Å². The fourth-order valence-electron chi connectivity index (χ4n) is 5.42. The highest BCUT2D eigenvalue weighted by Crippen LogP contribution is 2.27. The molecule has 1 unspecified atom stereocenters. The molecule has 1 fully saturated rings. The van der Waals surface area contributed by atoms with Crippen LogP contribution in [0.3, 0.4) is 0 Å². The van der Waals surface area contributed by atoms with E-state index in [4.69, 9.17) is 10.7 Å². The van der Waals surface area contributed by atoms with Gasteiger partial charge in [0.2, 0.25) is 5.95 Å². The molecule has 1 aliphatic rings. The van der Waals surface area contributed by atoms with Gasteiger partial charge < -0.3 is 10.6 Å². The van der Waals surface area contributed by atoms with Gasteiger partial charge in [-0.1, -0.05) is 30.2 Å². The molecule has 0 radical (unpaired) electrons. The van der Waals surface area contributed by atoms with Gasteiger partial charge in [-0.3, -0.25) is 28.5 Å². The second kappa shape index (κ2) is 9.43. The molecule has 3 aromatic heterocycles. The van der Waals surface area contributed by atoms with Crippen LogP contribution in [-0.4, -0.2) is 47.8 Å². The van der Waals surface area contributed by atoms with Crippen molar-refractivity contribution in [3.63, 3.8) is 0 Å². The molecule has 10 heteroatoms. The first-order valence-corrected chi connectivity index (χ1v) is 12.7. The Labute approximate surface area is 218 Å². The molecule has 10 nitrogen and oxygen atoms in total. The maximum Gasteiger partial charge on any atom is 0.332 e. The van der Waals surface area contributed by atoms with Crippen LogP contribution < -0.4 is 21.9 Å². The van der Waals surface area contributed by atoms with E-state index in [2.05, 4.69) is 26.7 Å². The Bertz CT molecular complexity index is 1890. The molecule has 0 bridgehead atoms. The molecule has 1 saturated heterocycles. The second-order valence-corrected chi connectivity index (χ2v) is 9.68. The minimum absolute atomic E-state index is 0.0269. The van der Waals surface area contributed by atoms with E-state index >= 15 is 0 Å². The number of imidazole rings is 1. The van der Waals surface area contributed by atoms with Gasteiger partial charge >= 0.3 is 5.69 Å². The molecule has 4 heterocycles. The summed E-state index contributed by atoms with van der Waals surface area (Å²) in [5.41, 5.74) is 8.42. The number of fused-ring (bicyclic) bond motifs is 4. The van der Waals surface area contributed by atoms with Gasteiger partial charge in [-0.15, -0.1) is 5.92 Å². The van der Waals surface area contributed by atoms with Crippen LogP contribution in [0.1, 0.15) is 25.3 Å². The van der Waals surface area contributed by atoms with Crippen LogP contribution in [0.2, 0.25) is 0 Å². The summed E-state index contributed by atoms with van der Waals surface area (Å²) in [6, 6.07) is 9.77. The summed E-state index contributed by atoms with van der Waals surface area (Å²) in [4.78, 5) is 43.4. The summed E-state index contributed by atoms with van der Waals surface area (Å²) in [5, 5.41) is 1.84. The van der Waals surface area contributed by atoms with E-state index in [0.717, 1.165) is 41.2 Å². The summed E-state index contributed by atoms with van der Waals surface area (Å²) in [6.07, 6.45) is 5.18. The maximum absolute atomic E-state index is 14.0. The van der Waals surface area contributed by atoms with Crippen LogP contribution in [0.4, 0.5) is 5.95 Å². The summed E-state index contributed by atoms with van der Waals surface area (Å²) < 4.78 is 4.55. The minimum atomic E-state index is -0.432. The van der Waals surface area contributed by atoms with E-state index in [1.54, 1.807) is 26.4 Å². The number of nitrogens with two attached hydrogens (primary N) is 1. The number of hydrogen-bond donors (Lipinski definition) is 1. The average molecular weight is 509 g/mol. The molecule has 0 amide bonds. The predicted octanol–water partition coefficient (Wildman–Crippen LogP) is 1.99. The van der Waals surface area contributed by atoms with Crippen molar-refractivity contribution in [1.29, 1.82) is 0 Å². The van der Waals surface area contributed by atoms with Gasteiger partial charge in [0.05, 0.1) is 24.1 Å². The van der Waals surface area contributed by atoms with Gasteiger partial charge in [-0.2, -0.15) is 4.98 Å². The van der Waals surface area contributed by atoms with E-state index in [0.29, 0.717) is 29.2 Å². The van der Waals surface area contributed by atoms with Crippen LogP contribution in [0.25, 0.3) is 33.0 Å². The molecule has 6 rings (SSSR count). The van der Waals surface area contributed by atoms with Crippen molar-refractivity contribution in [2.24, 2.45) is 12.8 Å². The monoisotopic (exact) mass is 508 g/mol. The number of nitrogens with zero attached hydrogens (tertiary/aromatic N) is 7. The topological polar surface area (TPSA) is 117 Å². The van der Waals surface area contributed by atoms with Gasteiger partial charge in [0, 0.05) is 44.0 Å². The lowest BCUT2D eigenvalue weighted by atomic mass is 10.0. The Morgan fingerprint density at radius 1 is 1.11 bits per heavy atom. The summed E-state index contributed by atoms with van der Waals surface area (Å²) in [7, 11) is 1.65. The number of hydrogen-bond acceptors (Lipinski definition) is 7. The molecule has 0 saturated carbocycles. The highest BCUT2D eigenvalue weighted by Gasteiger charge is 2.26. The van der Waals surface area contributed by atoms with Crippen molar-refractivity contribution in [2.75, 3.05) is 18.0 Å². The van der Waals surface area contributed by atoms with Crippen molar-refractivity contribution >= 4 is 38.9 Å². The predicted molar refractivity (Wildman–Crippen MR) is 148 cm³/mol. The van der Waals surface area contributed by atoms with Crippen LogP contribution in [0.15, 0.2) is 52.3 Å². The molecule has 38 heavy (non-hydrogen) atoms. The van der Waals surface area contributed by atoms with Gasteiger partial charge in [-0.05, 0) is 36.8 Å². The van der Waals surface area contributed by atoms with E-state index < -0.39 is 11.2 Å². The van der Waals surface area contributed by atoms with Gasteiger partial charge in [-0.25, -0.2) is 4.79 Å². The first-order valence-electron chi connectivity index (χ1n) is 12.7. The Morgan fingerprint density at radius 3 is 2.68 bits per heavy atom. The standard InChI is InChI=1S/C28H28N8O2/c1-3-4-14-35-24-25(32-27(35)34-13-7-8-19(29)17-34)33(2)28(38)36(26(24)37)16-18-15-22-23(31-12-11-30-22)21-10-6-5-9-20(18)21/h5-6,9-12,15,19H,7-8,13-14,16-17,29H2,1-2H3. The molecule has 2 N–H and O–H groups in total. The summed E-state index contributed by atoms with van der Waals surface area (Å²) >= 11 is 0. The number of anilines is 1. The number of rotatable bonds is 4. The third-order valence-corrected chi connectivity index (χ3v) is 7.26. The highest BCUT2D eigenvalue weighted by molar-refractivity contribution is 6.05. The molecule has 0 aliphatic carbocycles. The Kier molecular flexibility index (Phi) is 5.93. The summed E-state index contributed by atoms with van der Waals surface area (Å²) in [6.45, 7) is 3.55. The van der Waals surface area contributed by atoms with E-state index in [1.165, 1.54) is 9.13 Å². The molecule has 2 aromatic carbocycles. The number of benzene rings is 2. The Morgan fingerprint density at radius 2 is 1.89 bits per heavy atom. The number of aromatic nitrogens is 6. The molecule has 1 atom stereocenters. The Balaban J connectivity index is 1.58. The van der Waals surface area contributed by atoms with Crippen molar-refractivity contribution in [2.45, 2.75) is 38.9 Å². The molecule has 192 valence electrons.